The first-order chi connectivity index (χ1) is 27.6. The molecule has 0 aliphatic heterocycles. The topological polar surface area (TPSA) is 56.7 Å². The molecule has 11 aromatic rings. The van der Waals surface area contributed by atoms with Gasteiger partial charge in [-0.2, -0.15) is 0 Å². The van der Waals surface area contributed by atoms with E-state index >= 15 is 0 Å². The molecule has 1 aliphatic carbocycles. The fourth-order valence-corrected chi connectivity index (χ4v) is 9.84. The number of thiophene rings is 1. The first-order valence-electron chi connectivity index (χ1n) is 19.1. The predicted molar refractivity (Wildman–Crippen MR) is 233 cm³/mol. The van der Waals surface area contributed by atoms with E-state index in [4.69, 9.17) is 19.4 Å². The van der Waals surface area contributed by atoms with Gasteiger partial charge in [-0.15, -0.1) is 11.3 Å². The van der Waals surface area contributed by atoms with Crippen LogP contribution in [0.2, 0.25) is 0 Å². The fraction of sp³-hybridized carbons (Fsp3) is 0.0600. The summed E-state index contributed by atoms with van der Waals surface area (Å²) >= 11 is 1.80. The second-order valence-electron chi connectivity index (χ2n) is 14.9. The van der Waals surface area contributed by atoms with E-state index in [0.29, 0.717) is 23.4 Å². The van der Waals surface area contributed by atoms with Crippen molar-refractivity contribution in [3.63, 3.8) is 0 Å². The SMILES string of the molecule is CC1C=Cc2c(n(-c3cccc(-c4nc(-c5ccc6c(c5)sc5ccccc56)nc(-c5cccc6c5oc5ccccc56)n4)c3)c3cc4ccccc4cc23)C1. The molecule has 0 radical (unpaired) electrons. The average Bonchev–Trinajstić information content (AvgIpc) is 3.91. The Kier molecular flexibility index (Phi) is 6.77. The Morgan fingerprint density at radius 3 is 2.20 bits per heavy atom. The Hall–Kier alpha value is -6.89. The van der Waals surface area contributed by atoms with E-state index < -0.39 is 0 Å². The zero-order valence-electron chi connectivity index (χ0n) is 30.4. The lowest BCUT2D eigenvalue weighted by Crippen LogP contribution is -2.08. The van der Waals surface area contributed by atoms with E-state index in [2.05, 4.69) is 151 Å². The number of rotatable bonds is 4. The molecule has 0 fully saturated rings. The molecule has 1 unspecified atom stereocenters. The van der Waals surface area contributed by atoms with Crippen molar-refractivity contribution in [2.24, 2.45) is 5.92 Å². The standard InChI is InChI=1S/C50H32N4OS/c1-29-20-22-35-41-26-30-10-2-3-11-31(30)27-43(41)54(42(35)24-29)34-13-8-12-32(25-34)48-51-49(33-21-23-38-37-15-5-7-19-45(37)56-46(38)28-33)53-50(52-48)40-17-9-16-39-36-14-4-6-18-44(36)55-47(39)40/h2-23,25-29H,24H2,1H3. The molecular weight excluding hydrogens is 705 g/mol. The maximum atomic E-state index is 6.51. The van der Waals surface area contributed by atoms with Gasteiger partial charge in [0.2, 0.25) is 0 Å². The summed E-state index contributed by atoms with van der Waals surface area (Å²) in [5.41, 5.74) is 9.22. The van der Waals surface area contributed by atoms with E-state index in [1.807, 2.05) is 18.2 Å². The van der Waals surface area contributed by atoms with Crippen molar-refractivity contribution >= 4 is 81.2 Å². The quantitative estimate of drug-likeness (QED) is 0.180. The Morgan fingerprint density at radius 1 is 0.589 bits per heavy atom. The molecule has 5 nitrogen and oxygen atoms in total. The van der Waals surface area contributed by atoms with Crippen molar-refractivity contribution in [3.05, 3.63) is 163 Å². The van der Waals surface area contributed by atoms with Gasteiger partial charge < -0.3 is 8.98 Å². The molecule has 1 aliphatic rings. The van der Waals surface area contributed by atoms with E-state index in [1.54, 1.807) is 11.3 Å². The molecule has 0 N–H and O–H groups in total. The van der Waals surface area contributed by atoms with Crippen LogP contribution < -0.4 is 0 Å². The predicted octanol–water partition coefficient (Wildman–Crippen LogP) is 13.4. The molecule has 56 heavy (non-hydrogen) atoms. The van der Waals surface area contributed by atoms with E-state index in [-0.39, 0.29) is 0 Å². The van der Waals surface area contributed by atoms with Gasteiger partial charge in [-0.3, -0.25) is 0 Å². The lowest BCUT2D eigenvalue weighted by molar-refractivity contribution is 0.669. The molecule has 0 spiro atoms. The van der Waals surface area contributed by atoms with Gasteiger partial charge in [-0.25, -0.2) is 15.0 Å². The number of allylic oxidation sites excluding steroid dienone is 1. The highest BCUT2D eigenvalue weighted by Gasteiger charge is 2.23. The highest BCUT2D eigenvalue weighted by Crippen LogP contribution is 2.40. The number of benzene rings is 7. The number of furan rings is 1. The number of nitrogens with zero attached hydrogens (tertiary/aromatic N) is 4. The first-order valence-corrected chi connectivity index (χ1v) is 19.9. The van der Waals surface area contributed by atoms with Crippen molar-refractivity contribution in [1.82, 2.24) is 19.5 Å². The number of hydrogen-bond donors (Lipinski definition) is 0. The minimum atomic E-state index is 0.441. The van der Waals surface area contributed by atoms with Crippen molar-refractivity contribution < 1.29 is 4.42 Å². The molecule has 6 heteroatoms. The van der Waals surface area contributed by atoms with E-state index in [0.717, 1.165) is 50.7 Å². The van der Waals surface area contributed by atoms with Gasteiger partial charge >= 0.3 is 0 Å². The van der Waals surface area contributed by atoms with Crippen LogP contribution in [-0.2, 0) is 6.42 Å². The van der Waals surface area contributed by atoms with Gasteiger partial charge in [-0.05, 0) is 71.6 Å². The molecule has 0 saturated carbocycles. The van der Waals surface area contributed by atoms with Gasteiger partial charge in [0.25, 0.3) is 0 Å². The molecule has 7 aromatic carbocycles. The lowest BCUT2D eigenvalue weighted by Gasteiger charge is -2.18. The van der Waals surface area contributed by atoms with Crippen LogP contribution in [0.25, 0.3) is 110 Å². The summed E-state index contributed by atoms with van der Waals surface area (Å²) < 4.78 is 11.4. The van der Waals surface area contributed by atoms with Crippen LogP contribution in [0.1, 0.15) is 18.2 Å². The van der Waals surface area contributed by atoms with Gasteiger partial charge in [0, 0.05) is 64.4 Å². The van der Waals surface area contributed by atoms with Gasteiger partial charge in [0.05, 0.1) is 11.1 Å². The normalized spacial score (nSPS) is 14.2. The molecule has 4 heterocycles. The van der Waals surface area contributed by atoms with Crippen LogP contribution >= 0.6 is 11.3 Å². The fourth-order valence-electron chi connectivity index (χ4n) is 8.69. The highest BCUT2D eigenvalue weighted by atomic mass is 32.1. The van der Waals surface area contributed by atoms with Crippen molar-refractivity contribution in [2.45, 2.75) is 13.3 Å². The average molecular weight is 737 g/mol. The number of aromatic nitrogens is 4. The zero-order chi connectivity index (χ0) is 36.9. The summed E-state index contributed by atoms with van der Waals surface area (Å²) in [5, 5.41) is 8.36. The highest BCUT2D eigenvalue weighted by molar-refractivity contribution is 7.25. The summed E-state index contributed by atoms with van der Waals surface area (Å²) in [4.78, 5) is 15.7. The monoisotopic (exact) mass is 736 g/mol. The molecule has 0 saturated heterocycles. The molecule has 4 aromatic heterocycles. The number of fused-ring (bicyclic) bond motifs is 10. The summed E-state index contributed by atoms with van der Waals surface area (Å²) in [7, 11) is 0. The van der Waals surface area contributed by atoms with Crippen molar-refractivity contribution in [3.8, 4) is 39.9 Å². The van der Waals surface area contributed by atoms with Crippen LogP contribution in [0.3, 0.4) is 0 Å². The van der Waals surface area contributed by atoms with Gasteiger partial charge in [-0.1, -0.05) is 116 Å². The van der Waals surface area contributed by atoms with E-state index in [9.17, 15) is 0 Å². The summed E-state index contributed by atoms with van der Waals surface area (Å²) in [6.45, 7) is 2.29. The Balaban J connectivity index is 1.08. The molecule has 12 rings (SSSR count). The van der Waals surface area contributed by atoms with Crippen molar-refractivity contribution in [2.75, 3.05) is 0 Å². The summed E-state index contributed by atoms with van der Waals surface area (Å²) in [5.74, 6) is 2.25. The maximum absolute atomic E-state index is 6.51. The molecule has 0 amide bonds. The lowest BCUT2D eigenvalue weighted by atomic mass is 9.94. The second kappa shape index (κ2) is 12.1. The van der Waals surface area contributed by atoms with Gasteiger partial charge in [0.1, 0.15) is 11.2 Å². The number of para-hydroxylation sites is 2. The first kappa shape index (κ1) is 31.5. The van der Waals surface area contributed by atoms with Crippen LogP contribution in [0.4, 0.5) is 0 Å². The molecule has 264 valence electrons. The van der Waals surface area contributed by atoms with Crippen LogP contribution in [0.5, 0.6) is 0 Å². The summed E-state index contributed by atoms with van der Waals surface area (Å²) in [6, 6.07) is 51.5. The van der Waals surface area contributed by atoms with E-state index in [1.165, 1.54) is 53.1 Å². The maximum Gasteiger partial charge on any atom is 0.167 e. The van der Waals surface area contributed by atoms with Gasteiger partial charge in [0.15, 0.2) is 17.5 Å². The summed E-state index contributed by atoms with van der Waals surface area (Å²) in [6.07, 6.45) is 5.62. The van der Waals surface area contributed by atoms with Crippen LogP contribution in [0, 0.1) is 5.92 Å². The zero-order valence-corrected chi connectivity index (χ0v) is 31.2. The Labute approximate surface area is 325 Å². The third-order valence-corrected chi connectivity index (χ3v) is 12.5. The smallest absolute Gasteiger partial charge is 0.167 e. The molecule has 1 atom stereocenters. The third kappa shape index (κ3) is 4.82. The van der Waals surface area contributed by atoms with Crippen molar-refractivity contribution in [1.29, 1.82) is 0 Å². The Morgan fingerprint density at radius 2 is 1.30 bits per heavy atom. The second-order valence-corrected chi connectivity index (χ2v) is 16.0. The van der Waals surface area contributed by atoms with Crippen LogP contribution in [0.15, 0.2) is 156 Å². The molecular formula is C50H32N4OS. The minimum Gasteiger partial charge on any atom is -0.455 e. The number of hydrogen-bond acceptors (Lipinski definition) is 5. The third-order valence-electron chi connectivity index (χ3n) is 11.4. The Bertz CT molecular complexity index is 3440. The minimum absolute atomic E-state index is 0.441. The largest absolute Gasteiger partial charge is 0.455 e. The van der Waals surface area contributed by atoms with Crippen LogP contribution in [-0.4, -0.2) is 19.5 Å². The molecule has 0 bridgehead atoms.